The summed E-state index contributed by atoms with van der Waals surface area (Å²) in [6, 6.07) is 2.09. The standard InChI is InChI=1S/C10H8N2O7/c1-19-8-4-3-7(11(15)16)6(2-5-9(13)14)10(8)12(17)18/h2-5H,1H3,(H,13,14). The summed E-state index contributed by atoms with van der Waals surface area (Å²) in [5.74, 6) is -1.58. The Morgan fingerprint density at radius 3 is 2.37 bits per heavy atom. The van der Waals surface area contributed by atoms with Gasteiger partial charge in [-0.05, 0) is 12.1 Å². The molecule has 0 saturated carbocycles. The molecule has 100 valence electrons. The second-order valence-electron chi connectivity index (χ2n) is 3.24. The van der Waals surface area contributed by atoms with Crippen LogP contribution in [0.1, 0.15) is 5.56 Å². The largest absolute Gasteiger partial charge is 0.490 e. The van der Waals surface area contributed by atoms with E-state index in [2.05, 4.69) is 0 Å². The molecule has 9 nitrogen and oxygen atoms in total. The van der Waals surface area contributed by atoms with Crippen LogP contribution in [-0.4, -0.2) is 28.0 Å². The van der Waals surface area contributed by atoms with Crippen molar-refractivity contribution in [2.75, 3.05) is 7.11 Å². The van der Waals surface area contributed by atoms with Gasteiger partial charge in [-0.1, -0.05) is 0 Å². The number of ether oxygens (including phenoxy) is 1. The van der Waals surface area contributed by atoms with Crippen molar-refractivity contribution in [3.05, 3.63) is 44.0 Å². The predicted octanol–water partition coefficient (Wildman–Crippen LogP) is 1.61. The molecule has 1 aromatic rings. The third kappa shape index (κ3) is 3.03. The van der Waals surface area contributed by atoms with Crippen molar-refractivity contribution >= 4 is 23.4 Å². The van der Waals surface area contributed by atoms with E-state index in [4.69, 9.17) is 9.84 Å². The van der Waals surface area contributed by atoms with Gasteiger partial charge in [0.15, 0.2) is 5.75 Å². The van der Waals surface area contributed by atoms with Crippen molar-refractivity contribution in [3.8, 4) is 5.75 Å². The Balaban J connectivity index is 3.62. The highest BCUT2D eigenvalue weighted by atomic mass is 16.6. The summed E-state index contributed by atoms with van der Waals surface area (Å²) < 4.78 is 4.74. The minimum absolute atomic E-state index is 0.194. The molecule has 0 bridgehead atoms. The zero-order valence-corrected chi connectivity index (χ0v) is 9.60. The van der Waals surface area contributed by atoms with Crippen molar-refractivity contribution in [2.24, 2.45) is 0 Å². The van der Waals surface area contributed by atoms with E-state index in [9.17, 15) is 25.0 Å². The number of carboxylic acids is 1. The Labute approximate surface area is 106 Å². The number of nitro groups is 2. The Morgan fingerprint density at radius 1 is 1.32 bits per heavy atom. The van der Waals surface area contributed by atoms with Gasteiger partial charge in [0.2, 0.25) is 0 Å². The topological polar surface area (TPSA) is 133 Å². The van der Waals surface area contributed by atoms with Crippen molar-refractivity contribution in [1.82, 2.24) is 0 Å². The summed E-state index contributed by atoms with van der Waals surface area (Å²) in [6.45, 7) is 0. The molecule has 1 aromatic carbocycles. The number of methoxy groups -OCH3 is 1. The number of nitro benzene ring substituents is 2. The van der Waals surface area contributed by atoms with E-state index in [1.165, 1.54) is 7.11 Å². The lowest BCUT2D eigenvalue weighted by Gasteiger charge is -2.04. The normalized spacial score (nSPS) is 10.4. The third-order valence-electron chi connectivity index (χ3n) is 2.15. The molecule has 0 amide bonds. The highest BCUT2D eigenvalue weighted by molar-refractivity contribution is 5.88. The van der Waals surface area contributed by atoms with Crippen LogP contribution >= 0.6 is 0 Å². The van der Waals surface area contributed by atoms with Crippen LogP contribution in [0, 0.1) is 20.2 Å². The van der Waals surface area contributed by atoms with Crippen molar-refractivity contribution in [2.45, 2.75) is 0 Å². The van der Waals surface area contributed by atoms with E-state index < -0.39 is 32.8 Å². The molecule has 0 aliphatic carbocycles. The molecule has 1 rings (SSSR count). The van der Waals surface area contributed by atoms with Crippen molar-refractivity contribution in [3.63, 3.8) is 0 Å². The first kappa shape index (κ1) is 14.1. The van der Waals surface area contributed by atoms with Gasteiger partial charge >= 0.3 is 11.7 Å². The summed E-state index contributed by atoms with van der Waals surface area (Å²) in [7, 11) is 1.17. The number of rotatable bonds is 5. The molecule has 0 unspecified atom stereocenters. The summed E-state index contributed by atoms with van der Waals surface area (Å²) >= 11 is 0. The van der Waals surface area contributed by atoms with Gasteiger partial charge in [0.1, 0.15) is 5.56 Å². The number of benzene rings is 1. The molecular weight excluding hydrogens is 260 g/mol. The monoisotopic (exact) mass is 268 g/mol. The fourth-order valence-electron chi connectivity index (χ4n) is 1.41. The lowest BCUT2D eigenvalue weighted by Crippen LogP contribution is -2.01. The number of carboxylic acid groups (broad SMARTS) is 1. The molecule has 0 atom stereocenters. The fourth-order valence-corrected chi connectivity index (χ4v) is 1.41. The number of nitrogens with zero attached hydrogens (tertiary/aromatic N) is 2. The summed E-state index contributed by atoms with van der Waals surface area (Å²) in [6.07, 6.45) is 1.37. The molecule has 9 heteroatoms. The SMILES string of the molecule is COc1ccc([N+](=O)[O-])c(C=CC(=O)O)c1[N+](=O)[O-]. The summed E-state index contributed by atoms with van der Waals surface area (Å²) in [5, 5.41) is 30.2. The van der Waals surface area contributed by atoms with E-state index >= 15 is 0 Å². The van der Waals surface area contributed by atoms with Crippen LogP contribution in [0.25, 0.3) is 6.08 Å². The molecule has 1 N–H and O–H groups in total. The van der Waals surface area contributed by atoms with Crippen LogP contribution < -0.4 is 4.74 Å². The van der Waals surface area contributed by atoms with E-state index in [1.807, 2.05) is 0 Å². The molecule has 0 aliphatic rings. The summed E-state index contributed by atoms with van der Waals surface area (Å²) in [5.41, 5.74) is -1.67. The second kappa shape index (κ2) is 5.58. The third-order valence-corrected chi connectivity index (χ3v) is 2.15. The molecule has 0 heterocycles. The van der Waals surface area contributed by atoms with Crippen LogP contribution in [0.15, 0.2) is 18.2 Å². The van der Waals surface area contributed by atoms with E-state index in [0.717, 1.165) is 18.2 Å². The number of hydrogen-bond acceptors (Lipinski definition) is 6. The molecule has 19 heavy (non-hydrogen) atoms. The first-order valence-corrected chi connectivity index (χ1v) is 4.79. The van der Waals surface area contributed by atoms with Gasteiger partial charge in [0, 0.05) is 12.1 Å². The molecule has 0 fully saturated rings. The minimum atomic E-state index is -1.38. The molecule has 0 radical (unpaired) electrons. The smallest absolute Gasteiger partial charge is 0.328 e. The van der Waals surface area contributed by atoms with Gasteiger partial charge in [-0.3, -0.25) is 20.2 Å². The lowest BCUT2D eigenvalue weighted by molar-refractivity contribution is -0.395. The lowest BCUT2D eigenvalue weighted by atomic mass is 10.1. The van der Waals surface area contributed by atoms with E-state index in [-0.39, 0.29) is 5.75 Å². The zero-order chi connectivity index (χ0) is 14.6. The number of hydrogen-bond donors (Lipinski definition) is 1. The first-order chi connectivity index (χ1) is 8.88. The Bertz CT molecular complexity index is 579. The van der Waals surface area contributed by atoms with Crippen LogP contribution in [0.2, 0.25) is 0 Å². The van der Waals surface area contributed by atoms with Gasteiger partial charge in [0.25, 0.3) is 5.69 Å². The second-order valence-corrected chi connectivity index (χ2v) is 3.24. The van der Waals surface area contributed by atoms with Gasteiger partial charge in [0.05, 0.1) is 17.0 Å². The summed E-state index contributed by atoms with van der Waals surface area (Å²) in [4.78, 5) is 30.5. The maximum atomic E-state index is 10.9. The minimum Gasteiger partial charge on any atom is -0.490 e. The first-order valence-electron chi connectivity index (χ1n) is 4.79. The van der Waals surface area contributed by atoms with E-state index in [0.29, 0.717) is 6.08 Å². The van der Waals surface area contributed by atoms with E-state index in [1.54, 1.807) is 0 Å². The maximum Gasteiger partial charge on any atom is 0.328 e. The fraction of sp³-hybridized carbons (Fsp3) is 0.100. The zero-order valence-electron chi connectivity index (χ0n) is 9.60. The average molecular weight is 268 g/mol. The Kier molecular flexibility index (Phi) is 4.14. The quantitative estimate of drug-likeness (QED) is 0.487. The van der Waals surface area contributed by atoms with Crippen LogP contribution in [-0.2, 0) is 4.79 Å². The average Bonchev–Trinajstić information content (AvgIpc) is 2.34. The van der Waals surface area contributed by atoms with Crippen LogP contribution in [0.4, 0.5) is 11.4 Å². The van der Waals surface area contributed by atoms with Crippen molar-refractivity contribution < 1.29 is 24.5 Å². The highest BCUT2D eigenvalue weighted by Gasteiger charge is 2.28. The molecule has 0 aliphatic heterocycles. The Morgan fingerprint density at radius 2 is 1.95 bits per heavy atom. The molecule has 0 spiro atoms. The molecule has 0 saturated heterocycles. The maximum absolute atomic E-state index is 10.9. The van der Waals surface area contributed by atoms with Crippen molar-refractivity contribution in [1.29, 1.82) is 0 Å². The number of carbonyl (C=O) groups is 1. The van der Waals surface area contributed by atoms with Gasteiger partial charge in [-0.25, -0.2) is 4.79 Å². The van der Waals surface area contributed by atoms with Crippen LogP contribution in [0.5, 0.6) is 5.75 Å². The Hall–Kier alpha value is -2.97. The van der Waals surface area contributed by atoms with Gasteiger partial charge in [-0.15, -0.1) is 0 Å². The van der Waals surface area contributed by atoms with Gasteiger partial charge < -0.3 is 9.84 Å². The molecule has 0 aromatic heterocycles. The van der Waals surface area contributed by atoms with Crippen LogP contribution in [0.3, 0.4) is 0 Å². The molecular formula is C10H8N2O7. The predicted molar refractivity (Wildman–Crippen MR) is 63.0 cm³/mol. The number of aliphatic carboxylic acids is 1. The highest BCUT2D eigenvalue weighted by Crippen LogP contribution is 2.37. The van der Waals surface area contributed by atoms with Gasteiger partial charge in [-0.2, -0.15) is 0 Å².